The van der Waals surface area contributed by atoms with Crippen molar-refractivity contribution in [2.45, 2.75) is 83.4 Å². The number of Topliss-reactive ketones (excluding diaryl/α,β-unsaturated/α-hetero) is 1. The summed E-state index contributed by atoms with van der Waals surface area (Å²) in [5, 5.41) is 0. The summed E-state index contributed by atoms with van der Waals surface area (Å²) in [6.45, 7) is 8.79. The molecule has 5 rings (SSSR count). The largest absolute Gasteiger partial charge is 0.461 e. The number of rotatable bonds is 7. The minimum atomic E-state index is -0.407. The Labute approximate surface area is 169 Å². The molecule has 4 aliphatic rings. The SMILES string of the molecule is C[C@H](N)C(=O)CC[C@H](Cc1ccccc1)B1OC2CC3CC(C3(C)C)[C@]2(C)O1. The Hall–Kier alpha value is -1.17. The number of carbonyl (C=O) groups is 1. The van der Waals surface area contributed by atoms with E-state index in [1.807, 2.05) is 6.07 Å². The number of benzene rings is 1. The molecule has 0 amide bonds. The highest BCUT2D eigenvalue weighted by molar-refractivity contribution is 6.47. The van der Waals surface area contributed by atoms with Crippen molar-refractivity contribution in [2.75, 3.05) is 0 Å². The molecule has 1 aromatic carbocycles. The van der Waals surface area contributed by atoms with E-state index >= 15 is 0 Å². The molecule has 28 heavy (non-hydrogen) atoms. The molecule has 3 aliphatic carbocycles. The van der Waals surface area contributed by atoms with Crippen LogP contribution in [0.25, 0.3) is 0 Å². The zero-order valence-corrected chi connectivity index (χ0v) is 17.7. The van der Waals surface area contributed by atoms with Crippen LogP contribution in [0.1, 0.15) is 58.9 Å². The van der Waals surface area contributed by atoms with E-state index in [1.54, 1.807) is 6.92 Å². The highest BCUT2D eigenvalue weighted by atomic mass is 16.7. The van der Waals surface area contributed by atoms with Crippen molar-refractivity contribution >= 4 is 12.9 Å². The van der Waals surface area contributed by atoms with Crippen molar-refractivity contribution in [3.63, 3.8) is 0 Å². The zero-order chi connectivity index (χ0) is 20.1. The van der Waals surface area contributed by atoms with E-state index in [9.17, 15) is 4.79 Å². The molecule has 0 radical (unpaired) electrons. The first-order valence-electron chi connectivity index (χ1n) is 10.9. The second-order valence-electron chi connectivity index (χ2n) is 10.1. The maximum Gasteiger partial charge on any atom is 0.461 e. The van der Waals surface area contributed by atoms with Gasteiger partial charge in [0.05, 0.1) is 17.7 Å². The van der Waals surface area contributed by atoms with E-state index in [-0.39, 0.29) is 30.4 Å². The Balaban J connectivity index is 1.51. The van der Waals surface area contributed by atoms with Crippen LogP contribution < -0.4 is 5.73 Å². The fraction of sp³-hybridized carbons (Fsp3) is 0.696. The van der Waals surface area contributed by atoms with Crippen LogP contribution in [-0.2, 0) is 20.5 Å². The Morgan fingerprint density at radius 3 is 2.61 bits per heavy atom. The van der Waals surface area contributed by atoms with E-state index in [4.69, 9.17) is 15.0 Å². The summed E-state index contributed by atoms with van der Waals surface area (Å²) in [4.78, 5) is 12.2. The van der Waals surface area contributed by atoms with Crippen molar-refractivity contribution in [3.05, 3.63) is 35.9 Å². The van der Waals surface area contributed by atoms with Crippen LogP contribution in [0, 0.1) is 17.3 Å². The monoisotopic (exact) mass is 383 g/mol. The van der Waals surface area contributed by atoms with Gasteiger partial charge in [0, 0.05) is 6.42 Å². The van der Waals surface area contributed by atoms with Crippen molar-refractivity contribution in [2.24, 2.45) is 23.0 Å². The predicted molar refractivity (Wildman–Crippen MR) is 112 cm³/mol. The van der Waals surface area contributed by atoms with E-state index in [0.29, 0.717) is 17.8 Å². The Kier molecular flexibility index (Phi) is 5.22. The lowest BCUT2D eigenvalue weighted by atomic mass is 9.43. The van der Waals surface area contributed by atoms with Gasteiger partial charge in [0.2, 0.25) is 0 Å². The predicted octanol–water partition coefficient (Wildman–Crippen LogP) is 4.02. The molecular formula is C23H34BNO3. The van der Waals surface area contributed by atoms with Gasteiger partial charge in [-0.15, -0.1) is 0 Å². The molecule has 5 heteroatoms. The fourth-order valence-corrected chi connectivity index (χ4v) is 5.91. The lowest BCUT2D eigenvalue weighted by Gasteiger charge is -2.64. The highest BCUT2D eigenvalue weighted by Gasteiger charge is 2.68. The van der Waals surface area contributed by atoms with Crippen LogP contribution >= 0.6 is 0 Å². The normalized spacial score (nSPS) is 35.0. The number of hydrogen-bond donors (Lipinski definition) is 1. The third kappa shape index (κ3) is 3.36. The average Bonchev–Trinajstić information content (AvgIpc) is 3.02. The lowest BCUT2D eigenvalue weighted by Crippen LogP contribution is -2.65. The highest BCUT2D eigenvalue weighted by Crippen LogP contribution is 2.66. The quantitative estimate of drug-likeness (QED) is 0.723. The average molecular weight is 383 g/mol. The number of nitrogens with two attached hydrogens (primary N) is 1. The molecule has 3 saturated carbocycles. The maximum absolute atomic E-state index is 12.2. The van der Waals surface area contributed by atoms with Gasteiger partial charge in [-0.25, -0.2) is 0 Å². The topological polar surface area (TPSA) is 61.6 Å². The van der Waals surface area contributed by atoms with Crippen LogP contribution in [0.4, 0.5) is 0 Å². The van der Waals surface area contributed by atoms with Gasteiger partial charge >= 0.3 is 7.12 Å². The number of hydrogen-bond acceptors (Lipinski definition) is 4. The summed E-state index contributed by atoms with van der Waals surface area (Å²) < 4.78 is 13.2. The van der Waals surface area contributed by atoms with Crippen LogP contribution in [0.5, 0.6) is 0 Å². The molecule has 152 valence electrons. The van der Waals surface area contributed by atoms with Crippen LogP contribution in [0.2, 0.25) is 5.82 Å². The van der Waals surface area contributed by atoms with E-state index in [2.05, 4.69) is 45.0 Å². The summed E-state index contributed by atoms with van der Waals surface area (Å²) in [6, 6.07) is 10.0. The third-order valence-electron chi connectivity index (χ3n) is 7.96. The van der Waals surface area contributed by atoms with Gasteiger partial charge < -0.3 is 15.0 Å². The molecule has 0 aromatic heterocycles. The molecule has 2 bridgehead atoms. The molecular weight excluding hydrogens is 349 g/mol. The Morgan fingerprint density at radius 1 is 1.25 bits per heavy atom. The summed E-state index contributed by atoms with van der Waals surface area (Å²) in [5.41, 5.74) is 7.18. The Morgan fingerprint density at radius 2 is 1.96 bits per heavy atom. The molecule has 4 nitrogen and oxygen atoms in total. The first-order valence-corrected chi connectivity index (χ1v) is 10.9. The maximum atomic E-state index is 12.2. The van der Waals surface area contributed by atoms with Crippen LogP contribution in [0.3, 0.4) is 0 Å². The van der Waals surface area contributed by atoms with Gasteiger partial charge in [0.15, 0.2) is 0 Å². The third-order valence-corrected chi connectivity index (χ3v) is 7.96. The molecule has 1 aromatic rings. The van der Waals surface area contributed by atoms with Gasteiger partial charge in [-0.3, -0.25) is 4.79 Å². The molecule has 0 spiro atoms. The molecule has 4 fully saturated rings. The number of carbonyl (C=O) groups excluding carboxylic acids is 1. The molecule has 1 aliphatic heterocycles. The van der Waals surface area contributed by atoms with Crippen LogP contribution in [0.15, 0.2) is 30.3 Å². The Bertz CT molecular complexity index is 722. The lowest BCUT2D eigenvalue weighted by molar-refractivity contribution is -0.199. The second kappa shape index (κ2) is 7.26. The molecule has 3 unspecified atom stereocenters. The number of ketones is 1. The summed E-state index contributed by atoms with van der Waals surface area (Å²) >= 11 is 0. The molecule has 2 N–H and O–H groups in total. The molecule has 1 saturated heterocycles. The van der Waals surface area contributed by atoms with Gasteiger partial charge in [0.1, 0.15) is 5.78 Å². The van der Waals surface area contributed by atoms with Gasteiger partial charge in [-0.05, 0) is 68.2 Å². The van der Waals surface area contributed by atoms with E-state index in [1.165, 1.54) is 12.0 Å². The summed E-state index contributed by atoms with van der Waals surface area (Å²) in [6.07, 6.45) is 4.61. The molecule has 1 heterocycles. The second-order valence-corrected chi connectivity index (χ2v) is 10.1. The smallest absolute Gasteiger partial charge is 0.405 e. The summed E-state index contributed by atoms with van der Waals surface area (Å²) in [5.74, 6) is 1.57. The summed E-state index contributed by atoms with van der Waals surface area (Å²) in [7, 11) is -0.244. The van der Waals surface area contributed by atoms with Crippen molar-refractivity contribution in [1.82, 2.24) is 0 Å². The minimum absolute atomic E-state index is 0.114. The van der Waals surface area contributed by atoms with Gasteiger partial charge in [-0.1, -0.05) is 44.2 Å². The van der Waals surface area contributed by atoms with Crippen LogP contribution in [-0.4, -0.2) is 30.6 Å². The first-order chi connectivity index (χ1) is 13.2. The standard InChI is InChI=1S/C23H34BNO3/c1-15(25)19(26)11-10-18(12-16-8-6-5-7-9-16)24-27-21-14-17-13-20(22(17,2)3)23(21,4)28-24/h5-9,15,17-18,20-21H,10-14,25H2,1-4H3/t15-,17?,18+,20?,21?,23-/m0/s1. The minimum Gasteiger partial charge on any atom is -0.405 e. The zero-order valence-electron chi connectivity index (χ0n) is 17.7. The van der Waals surface area contributed by atoms with Crippen molar-refractivity contribution in [1.29, 1.82) is 0 Å². The van der Waals surface area contributed by atoms with Gasteiger partial charge in [0.25, 0.3) is 0 Å². The van der Waals surface area contributed by atoms with E-state index in [0.717, 1.165) is 25.2 Å². The fourth-order valence-electron chi connectivity index (χ4n) is 5.91. The van der Waals surface area contributed by atoms with Crippen molar-refractivity contribution in [3.8, 4) is 0 Å². The first kappa shape index (κ1) is 20.1. The van der Waals surface area contributed by atoms with Crippen molar-refractivity contribution < 1.29 is 14.1 Å². The van der Waals surface area contributed by atoms with E-state index < -0.39 is 6.04 Å². The van der Waals surface area contributed by atoms with Gasteiger partial charge in [-0.2, -0.15) is 0 Å². The molecule has 6 atom stereocenters.